The first kappa shape index (κ1) is 18.3. The first-order chi connectivity index (χ1) is 11.9. The van der Waals surface area contributed by atoms with Gasteiger partial charge in [-0.05, 0) is 61.9 Å². The average molecular weight is 509 g/mol. The number of aryl methyl sites for hydroxylation is 1. The van der Waals surface area contributed by atoms with Crippen LogP contribution in [0.25, 0.3) is 10.9 Å². The maximum absolute atomic E-state index is 12.1. The highest BCUT2D eigenvalue weighted by Crippen LogP contribution is 2.35. The average Bonchev–Trinajstić information content (AvgIpc) is 2.60. The summed E-state index contributed by atoms with van der Waals surface area (Å²) in [5, 5.41) is 10.9. The number of benzene rings is 1. The van der Waals surface area contributed by atoms with Gasteiger partial charge in [-0.15, -0.1) is 0 Å². The fourth-order valence-corrected chi connectivity index (χ4v) is 6.73. The first-order valence-electron chi connectivity index (χ1n) is 8.07. The molecule has 1 unspecified atom stereocenters. The van der Waals surface area contributed by atoms with E-state index in [0.29, 0.717) is 12.8 Å². The molecular weight excluding hydrogens is 491 g/mol. The minimum atomic E-state index is -0.613. The summed E-state index contributed by atoms with van der Waals surface area (Å²) in [6.07, 6.45) is 7.65. The highest BCUT2D eigenvalue weighted by Gasteiger charge is 2.28. The standard InChI is InChI=1S/C20H18BrIN2O/c1-3-13-9-14-7-8-15(10-17(14)24-19(13)25)20(2,12-23)11-16-5-4-6-18(21)22-16/h4-10H,3,11H2,1-2H3,(H,24,25). The number of nitriles is 1. The summed E-state index contributed by atoms with van der Waals surface area (Å²) in [6, 6.07) is 10.4. The number of hydrogen-bond acceptors (Lipinski definition) is 2. The van der Waals surface area contributed by atoms with Crippen molar-refractivity contribution in [2.24, 2.45) is 0 Å². The molecular formula is C20H18BrIN2O. The van der Waals surface area contributed by atoms with E-state index < -0.39 is 5.41 Å². The zero-order valence-corrected chi connectivity index (χ0v) is 17.8. The summed E-state index contributed by atoms with van der Waals surface area (Å²) >= 11 is 3.36. The number of halogens is 2. The molecule has 1 aliphatic heterocycles. The van der Waals surface area contributed by atoms with Crippen molar-refractivity contribution < 1.29 is 0 Å². The molecule has 0 saturated carbocycles. The van der Waals surface area contributed by atoms with E-state index in [1.54, 1.807) is 0 Å². The third kappa shape index (κ3) is 3.85. The molecule has 1 atom stereocenters. The van der Waals surface area contributed by atoms with Crippen LogP contribution in [0.15, 0.2) is 49.8 Å². The number of aromatic nitrogens is 1. The highest BCUT2D eigenvalue weighted by atomic mass is 127. The number of nitrogens with zero attached hydrogens (tertiary/aromatic N) is 1. The molecule has 5 heteroatoms. The molecule has 25 heavy (non-hydrogen) atoms. The van der Waals surface area contributed by atoms with Crippen LogP contribution in [0.1, 0.15) is 31.4 Å². The van der Waals surface area contributed by atoms with E-state index in [-0.39, 0.29) is 26.3 Å². The van der Waals surface area contributed by atoms with Crippen molar-refractivity contribution in [3.05, 3.63) is 66.5 Å². The van der Waals surface area contributed by atoms with E-state index in [1.807, 2.05) is 44.2 Å². The lowest BCUT2D eigenvalue weighted by Crippen LogP contribution is -2.23. The molecule has 1 aliphatic rings. The van der Waals surface area contributed by atoms with E-state index in [2.05, 4.69) is 39.1 Å². The minimum Gasteiger partial charge on any atom is -0.322 e. The topological polar surface area (TPSA) is 56.6 Å². The molecule has 3 rings (SSSR count). The monoisotopic (exact) mass is 508 g/mol. The lowest BCUT2D eigenvalue weighted by atomic mass is 9.79. The summed E-state index contributed by atoms with van der Waals surface area (Å²) in [5.41, 5.74) is 1.86. The van der Waals surface area contributed by atoms with E-state index in [1.165, 1.54) is 6.00 Å². The second-order valence-corrected chi connectivity index (χ2v) is 11.7. The Kier molecular flexibility index (Phi) is 5.40. The molecule has 128 valence electrons. The van der Waals surface area contributed by atoms with Gasteiger partial charge in [0.15, 0.2) is 0 Å². The van der Waals surface area contributed by atoms with E-state index in [0.717, 1.165) is 22.0 Å². The van der Waals surface area contributed by atoms with Gasteiger partial charge in [-0.3, -0.25) is 4.79 Å². The molecule has 0 fully saturated rings. The van der Waals surface area contributed by atoms with Crippen LogP contribution in [0, 0.1) is 11.3 Å². The van der Waals surface area contributed by atoms with Crippen LogP contribution in [0.5, 0.6) is 0 Å². The van der Waals surface area contributed by atoms with Crippen LogP contribution in [-0.2, 0) is 11.8 Å². The van der Waals surface area contributed by atoms with E-state index in [9.17, 15) is 10.1 Å². The van der Waals surface area contributed by atoms with Crippen molar-refractivity contribution in [3.63, 3.8) is 0 Å². The molecule has 3 nitrogen and oxygen atoms in total. The van der Waals surface area contributed by atoms with Gasteiger partial charge in [0.1, 0.15) is 0 Å². The Bertz CT molecular complexity index is 1030. The van der Waals surface area contributed by atoms with Crippen molar-refractivity contribution in [3.8, 4) is 6.07 Å². The van der Waals surface area contributed by atoms with Crippen molar-refractivity contribution in [1.29, 1.82) is 5.26 Å². The maximum atomic E-state index is 12.1. The highest BCUT2D eigenvalue weighted by molar-refractivity contribution is 14.2. The molecule has 0 radical (unpaired) electrons. The Hall–Kier alpha value is -1.52. The number of aromatic amines is 1. The van der Waals surface area contributed by atoms with Crippen LogP contribution in [-0.4, -0.2) is 8.49 Å². The van der Waals surface area contributed by atoms with Gasteiger partial charge in [0.25, 0.3) is 5.56 Å². The molecule has 1 aromatic heterocycles. The molecule has 0 spiro atoms. The van der Waals surface area contributed by atoms with Crippen LogP contribution < -0.4 is 5.56 Å². The van der Waals surface area contributed by atoms with Crippen LogP contribution in [0.3, 0.4) is 0 Å². The van der Waals surface area contributed by atoms with Gasteiger partial charge in [0.2, 0.25) is 0 Å². The Balaban J connectivity index is 2.03. The van der Waals surface area contributed by atoms with E-state index >= 15 is 0 Å². The molecule has 0 aliphatic carbocycles. The van der Waals surface area contributed by atoms with Crippen LogP contribution >= 0.6 is 36.7 Å². The summed E-state index contributed by atoms with van der Waals surface area (Å²) in [5.74, 6) is 0. The maximum Gasteiger partial charge on any atom is 0.251 e. The largest absolute Gasteiger partial charge is 0.322 e. The number of pyridine rings is 1. The summed E-state index contributed by atoms with van der Waals surface area (Å²) in [7, 11) is 0. The number of rotatable bonds is 4. The minimum absolute atomic E-state index is 0.0460. The number of H-pyrrole nitrogens is 1. The zero-order chi connectivity index (χ0) is 18.0. The van der Waals surface area contributed by atoms with Crippen molar-refractivity contribution in [2.45, 2.75) is 32.1 Å². The number of hydrogen-bond donors (Lipinski definition) is 1. The van der Waals surface area contributed by atoms with Gasteiger partial charge in [-0.1, -0.05) is 51.9 Å². The molecule has 1 N–H and O–H groups in total. The third-order valence-corrected chi connectivity index (χ3v) is 8.00. The Labute approximate surface area is 165 Å². The smallest absolute Gasteiger partial charge is 0.251 e. The second-order valence-electron chi connectivity index (χ2n) is 6.26. The summed E-state index contributed by atoms with van der Waals surface area (Å²) < 4.78 is 2.56. The molecule has 0 amide bonds. The number of fused-ring (bicyclic) bond motifs is 1. The van der Waals surface area contributed by atoms with Crippen LogP contribution in [0.2, 0.25) is 0 Å². The van der Waals surface area contributed by atoms with Crippen molar-refractivity contribution in [1.82, 2.24) is 4.98 Å². The van der Waals surface area contributed by atoms with Crippen molar-refractivity contribution in [2.75, 3.05) is 0 Å². The van der Waals surface area contributed by atoms with Gasteiger partial charge in [0.05, 0.1) is 14.0 Å². The predicted octanol–water partition coefficient (Wildman–Crippen LogP) is 5.21. The quantitative estimate of drug-likeness (QED) is 0.576. The van der Waals surface area contributed by atoms with Crippen LogP contribution in [0.4, 0.5) is 0 Å². The molecule has 2 heterocycles. The first-order valence-corrected chi connectivity index (χ1v) is 11.0. The Morgan fingerprint density at radius 1 is 1.36 bits per heavy atom. The fourth-order valence-electron chi connectivity index (χ4n) is 2.89. The summed E-state index contributed by atoms with van der Waals surface area (Å²) in [6.45, 7) is 3.95. The lowest BCUT2D eigenvalue weighted by Gasteiger charge is -2.23. The van der Waals surface area contributed by atoms with E-state index in [4.69, 9.17) is 0 Å². The SMILES string of the molecule is CCc1cc2ccc(C(C)(C#N)CC3=IC(Br)=CC=C3)cc2[nH]c1=O. The molecule has 0 saturated heterocycles. The van der Waals surface area contributed by atoms with Gasteiger partial charge >= 0.3 is 0 Å². The Morgan fingerprint density at radius 2 is 2.16 bits per heavy atom. The lowest BCUT2D eigenvalue weighted by molar-refractivity contribution is 0.645. The van der Waals surface area contributed by atoms with Gasteiger partial charge in [-0.2, -0.15) is 5.26 Å². The van der Waals surface area contributed by atoms with Crippen molar-refractivity contribution >= 4 is 51.1 Å². The third-order valence-electron chi connectivity index (χ3n) is 4.42. The normalized spacial score (nSPS) is 16.4. The number of allylic oxidation sites excluding steroid dienone is 3. The molecule has 1 aromatic carbocycles. The van der Waals surface area contributed by atoms with Gasteiger partial charge < -0.3 is 4.98 Å². The zero-order valence-electron chi connectivity index (χ0n) is 14.1. The molecule has 0 bridgehead atoms. The fraction of sp³-hybridized carbons (Fsp3) is 0.250. The number of nitrogens with one attached hydrogen (secondary N) is 1. The Morgan fingerprint density at radius 3 is 2.84 bits per heavy atom. The summed E-state index contributed by atoms with van der Waals surface area (Å²) in [4.78, 5) is 15.1. The second kappa shape index (κ2) is 7.38. The molecule has 2 aromatic rings. The predicted molar refractivity (Wildman–Crippen MR) is 117 cm³/mol. The van der Waals surface area contributed by atoms with Gasteiger partial charge in [0, 0.05) is 17.5 Å². The van der Waals surface area contributed by atoms with Gasteiger partial charge in [-0.25, -0.2) is 0 Å².